The molecule has 0 saturated carbocycles. The fourth-order valence-electron chi connectivity index (χ4n) is 12.9. The molecule has 0 aliphatic heterocycles. The van der Waals surface area contributed by atoms with Gasteiger partial charge in [-0.1, -0.05) is 388 Å². The Hall–Kier alpha value is -1.94. The van der Waals surface area contributed by atoms with Gasteiger partial charge in [0, 0.05) is 25.7 Å². The molecule has 0 fully saturated rings. The van der Waals surface area contributed by atoms with E-state index < -0.39 is 97.5 Å². The number of rotatable bonds is 82. The van der Waals surface area contributed by atoms with Crippen molar-refractivity contribution in [2.45, 2.75) is 458 Å². The number of hydrogen-bond donors (Lipinski definition) is 3. The molecule has 19 heteroatoms. The first-order valence-electron chi connectivity index (χ1n) is 43.0. The van der Waals surface area contributed by atoms with Crippen molar-refractivity contribution in [2.75, 3.05) is 39.6 Å². The summed E-state index contributed by atoms with van der Waals surface area (Å²) in [5, 5.41) is 10.7. The zero-order valence-electron chi connectivity index (χ0n) is 66.9. The topological polar surface area (TPSA) is 237 Å². The number of unbranched alkanes of at least 4 members (excludes halogenated alkanes) is 52. The maximum absolute atomic E-state index is 13.1. The van der Waals surface area contributed by atoms with Crippen LogP contribution in [-0.2, 0) is 65.4 Å². The van der Waals surface area contributed by atoms with Crippen molar-refractivity contribution in [1.82, 2.24) is 0 Å². The summed E-state index contributed by atoms with van der Waals surface area (Å²) in [6, 6.07) is 0. The molecule has 0 rings (SSSR count). The van der Waals surface area contributed by atoms with E-state index in [2.05, 4.69) is 41.5 Å². The largest absolute Gasteiger partial charge is 0.472 e. The third kappa shape index (κ3) is 76.3. The Balaban J connectivity index is 5.22. The molecule has 0 aromatic heterocycles. The van der Waals surface area contributed by atoms with Crippen LogP contribution in [0.2, 0.25) is 0 Å². The van der Waals surface area contributed by atoms with Crippen LogP contribution in [0.15, 0.2) is 0 Å². The Morgan fingerprint density at radius 3 is 0.667 bits per heavy atom. The van der Waals surface area contributed by atoms with E-state index in [-0.39, 0.29) is 25.7 Å². The molecule has 0 heterocycles. The quantitative estimate of drug-likeness (QED) is 0.0222. The van der Waals surface area contributed by atoms with E-state index in [0.29, 0.717) is 25.7 Å². The molecular weight excluding hydrogens is 1330 g/mol. The molecule has 3 N–H and O–H groups in total. The van der Waals surface area contributed by atoms with E-state index in [1.54, 1.807) is 0 Å². The predicted molar refractivity (Wildman–Crippen MR) is 418 cm³/mol. The van der Waals surface area contributed by atoms with Gasteiger partial charge in [-0.2, -0.15) is 0 Å². The van der Waals surface area contributed by atoms with Gasteiger partial charge in [-0.3, -0.25) is 37.3 Å². The first kappa shape index (κ1) is 100. The van der Waals surface area contributed by atoms with E-state index >= 15 is 0 Å². The van der Waals surface area contributed by atoms with Crippen LogP contribution in [0.5, 0.6) is 0 Å². The summed E-state index contributed by atoms with van der Waals surface area (Å²) in [6.45, 7) is 9.68. The second kappa shape index (κ2) is 74.5. The molecule has 0 bridgehead atoms. The molecule has 0 amide bonds. The van der Waals surface area contributed by atoms with Crippen LogP contribution in [0, 0.1) is 11.8 Å². The van der Waals surface area contributed by atoms with Crippen molar-refractivity contribution in [2.24, 2.45) is 11.8 Å². The van der Waals surface area contributed by atoms with E-state index in [9.17, 15) is 43.2 Å². The number of aliphatic hydroxyl groups is 1. The highest BCUT2D eigenvalue weighted by atomic mass is 31.2. The standard InChI is InChI=1S/C83H162O17P2/c1-7-9-11-13-15-17-18-19-20-21-22-26-31-36-42-48-54-60-66-81(86)94-72-79(100-82(87)67-61-55-49-43-37-32-27-24-23-25-29-34-40-45-51-57-63-75(3)4)74-98-102(91,92)96-70-77(84)69-95-101(89,90)97-73-78(71-93-80(85)65-59-53-47-39-16-14-12-10-8-2)99-83(88)68-62-56-50-44-38-33-28-30-35-41-46-52-58-64-76(5)6/h75-79,84H,7-74H2,1-6H3,(H,89,90)(H,91,92)/t77-,78+,79+/m0/s1. The maximum atomic E-state index is 13.1. The highest BCUT2D eigenvalue weighted by Gasteiger charge is 2.30. The fraction of sp³-hybridized carbons (Fsp3) is 0.952. The van der Waals surface area contributed by atoms with E-state index in [4.69, 9.17) is 37.0 Å². The van der Waals surface area contributed by atoms with Gasteiger partial charge in [-0.05, 0) is 37.5 Å². The van der Waals surface area contributed by atoms with E-state index in [1.165, 1.54) is 257 Å². The average Bonchev–Trinajstić information content (AvgIpc) is 0.928. The van der Waals surface area contributed by atoms with Crippen LogP contribution < -0.4 is 0 Å². The Bertz CT molecular complexity index is 1960. The second-order valence-electron chi connectivity index (χ2n) is 30.8. The van der Waals surface area contributed by atoms with Gasteiger partial charge in [0.25, 0.3) is 0 Å². The summed E-state index contributed by atoms with van der Waals surface area (Å²) in [5.74, 6) is -0.510. The molecule has 0 saturated heterocycles. The summed E-state index contributed by atoms with van der Waals surface area (Å²) in [5.41, 5.74) is 0. The maximum Gasteiger partial charge on any atom is 0.472 e. The van der Waals surface area contributed by atoms with Gasteiger partial charge in [-0.25, -0.2) is 9.13 Å². The molecule has 606 valence electrons. The molecule has 0 radical (unpaired) electrons. The average molecular weight is 1490 g/mol. The summed E-state index contributed by atoms with van der Waals surface area (Å²) < 4.78 is 68.8. The van der Waals surface area contributed by atoms with Gasteiger partial charge in [0.1, 0.15) is 19.3 Å². The van der Waals surface area contributed by atoms with Crippen LogP contribution in [-0.4, -0.2) is 96.7 Å². The summed E-state index contributed by atoms with van der Waals surface area (Å²) >= 11 is 0. The van der Waals surface area contributed by atoms with Gasteiger partial charge >= 0.3 is 39.5 Å². The predicted octanol–water partition coefficient (Wildman–Crippen LogP) is 25.1. The molecule has 17 nitrogen and oxygen atoms in total. The van der Waals surface area contributed by atoms with Gasteiger partial charge < -0.3 is 33.8 Å². The molecular formula is C83H162O17P2. The number of aliphatic hydroxyl groups excluding tert-OH is 1. The van der Waals surface area contributed by atoms with Crippen molar-refractivity contribution in [1.29, 1.82) is 0 Å². The van der Waals surface area contributed by atoms with Crippen molar-refractivity contribution in [3.05, 3.63) is 0 Å². The highest BCUT2D eigenvalue weighted by molar-refractivity contribution is 7.47. The molecule has 102 heavy (non-hydrogen) atoms. The van der Waals surface area contributed by atoms with Crippen molar-refractivity contribution in [3.63, 3.8) is 0 Å². The first-order valence-corrected chi connectivity index (χ1v) is 46.0. The lowest BCUT2D eigenvalue weighted by atomic mass is 10.0. The third-order valence-corrected chi connectivity index (χ3v) is 21.4. The van der Waals surface area contributed by atoms with Crippen molar-refractivity contribution < 1.29 is 80.2 Å². The lowest BCUT2D eigenvalue weighted by Gasteiger charge is -2.21. The normalized spacial score (nSPS) is 13.9. The zero-order valence-corrected chi connectivity index (χ0v) is 68.7. The Labute approximate surface area is 626 Å². The molecule has 0 aliphatic rings. The summed E-state index contributed by atoms with van der Waals surface area (Å²) in [7, 11) is -9.92. The van der Waals surface area contributed by atoms with Crippen LogP contribution in [0.25, 0.3) is 0 Å². The summed E-state index contributed by atoms with van der Waals surface area (Å²) in [6.07, 6.45) is 65.2. The number of esters is 4. The lowest BCUT2D eigenvalue weighted by molar-refractivity contribution is -0.161. The lowest BCUT2D eigenvalue weighted by Crippen LogP contribution is -2.30. The number of phosphoric acid groups is 2. The molecule has 0 aliphatic carbocycles. The van der Waals surface area contributed by atoms with Crippen LogP contribution in [0.3, 0.4) is 0 Å². The van der Waals surface area contributed by atoms with Crippen molar-refractivity contribution in [3.8, 4) is 0 Å². The van der Waals surface area contributed by atoms with Crippen LogP contribution >= 0.6 is 15.6 Å². The number of ether oxygens (including phenoxy) is 4. The minimum atomic E-state index is -4.96. The smallest absolute Gasteiger partial charge is 0.462 e. The van der Waals surface area contributed by atoms with Gasteiger partial charge in [0.05, 0.1) is 26.4 Å². The fourth-order valence-corrected chi connectivity index (χ4v) is 14.5. The Morgan fingerprint density at radius 1 is 0.265 bits per heavy atom. The SMILES string of the molecule is CCCCCCCCCCCCCCCCCCCCC(=O)OC[C@H](COP(=O)(O)OC[C@@H](O)COP(=O)(O)OC[C@@H](COC(=O)CCCCCCCCCCC)OC(=O)CCCCCCCCCCCCCCCC(C)C)OC(=O)CCCCCCCCCCCCCCCCCCC(C)C. The monoisotopic (exact) mass is 1490 g/mol. The summed E-state index contributed by atoms with van der Waals surface area (Å²) in [4.78, 5) is 73.1. The Morgan fingerprint density at radius 2 is 0.451 bits per heavy atom. The van der Waals surface area contributed by atoms with Gasteiger partial charge in [0.15, 0.2) is 12.2 Å². The minimum Gasteiger partial charge on any atom is -0.462 e. The van der Waals surface area contributed by atoms with Gasteiger partial charge in [0.2, 0.25) is 0 Å². The molecule has 0 aromatic carbocycles. The van der Waals surface area contributed by atoms with E-state index in [0.717, 1.165) is 102 Å². The molecule has 5 atom stereocenters. The second-order valence-corrected chi connectivity index (χ2v) is 33.7. The third-order valence-electron chi connectivity index (χ3n) is 19.5. The highest BCUT2D eigenvalue weighted by Crippen LogP contribution is 2.45. The van der Waals surface area contributed by atoms with Gasteiger partial charge in [-0.15, -0.1) is 0 Å². The number of carbonyl (C=O) groups excluding carboxylic acids is 4. The van der Waals surface area contributed by atoms with E-state index in [1.807, 2.05) is 0 Å². The Kier molecular flexibility index (Phi) is 73.1. The first-order chi connectivity index (χ1) is 49.4. The number of phosphoric ester groups is 2. The molecule has 0 spiro atoms. The number of carbonyl (C=O) groups is 4. The zero-order chi connectivity index (χ0) is 74.9. The minimum absolute atomic E-state index is 0.107. The van der Waals surface area contributed by atoms with Crippen LogP contribution in [0.4, 0.5) is 0 Å². The van der Waals surface area contributed by atoms with Crippen molar-refractivity contribution >= 4 is 39.5 Å². The molecule has 2 unspecified atom stereocenters. The molecule has 0 aromatic rings. The number of hydrogen-bond acceptors (Lipinski definition) is 15. The van der Waals surface area contributed by atoms with Crippen LogP contribution in [0.1, 0.15) is 440 Å².